The van der Waals surface area contributed by atoms with Crippen LogP contribution >= 0.6 is 15.9 Å². The van der Waals surface area contributed by atoms with Crippen molar-refractivity contribution in [2.24, 2.45) is 5.92 Å². The molecule has 0 radical (unpaired) electrons. The van der Waals surface area contributed by atoms with Gasteiger partial charge in [-0.15, -0.1) is 0 Å². The van der Waals surface area contributed by atoms with Crippen molar-refractivity contribution in [3.8, 4) is 0 Å². The Bertz CT molecular complexity index is 1030. The van der Waals surface area contributed by atoms with Crippen molar-refractivity contribution in [2.45, 2.75) is 13.0 Å². The Kier molecular flexibility index (Phi) is 5.54. The van der Waals surface area contributed by atoms with Crippen molar-refractivity contribution in [1.29, 1.82) is 0 Å². The molecule has 1 unspecified atom stereocenters. The van der Waals surface area contributed by atoms with Crippen LogP contribution in [0.5, 0.6) is 0 Å². The summed E-state index contributed by atoms with van der Waals surface area (Å²) in [7, 11) is 0. The monoisotopic (exact) mass is 470 g/mol. The van der Waals surface area contributed by atoms with E-state index >= 15 is 0 Å². The third kappa shape index (κ3) is 4.20. The molecule has 0 bridgehead atoms. The largest absolute Gasteiger partial charge is 0.329 e. The highest BCUT2D eigenvalue weighted by Gasteiger charge is 2.35. The van der Waals surface area contributed by atoms with E-state index in [0.717, 1.165) is 20.6 Å². The summed E-state index contributed by atoms with van der Waals surface area (Å²) in [4.78, 5) is 51.4. The van der Waals surface area contributed by atoms with Gasteiger partial charge in [-0.2, -0.15) is 0 Å². The average Bonchev–Trinajstić information content (AvgIpc) is 3.26. The van der Waals surface area contributed by atoms with Crippen LogP contribution in [0.3, 0.4) is 0 Å². The Morgan fingerprint density at radius 1 is 1.10 bits per heavy atom. The number of carbonyl (C=O) groups excluding carboxylic acids is 4. The van der Waals surface area contributed by atoms with Gasteiger partial charge in [0.05, 0.1) is 19.0 Å². The maximum absolute atomic E-state index is 12.7. The molecule has 2 aromatic carbocycles. The standard InChI is InChI=1S/C21H19BrN4O4/c22-15-4-2-6-17(9-15)25-12-14(8-18(25)27)20(29)24-16-5-1-3-13(7-16)11-26-19(28)10-23-21(26)30/h1-7,9,14H,8,10-12H2,(H,23,30)(H,24,29). The molecular weight excluding hydrogens is 452 g/mol. The lowest BCUT2D eigenvalue weighted by molar-refractivity contribution is -0.125. The number of hydrogen-bond donors (Lipinski definition) is 2. The third-order valence-electron chi connectivity index (χ3n) is 5.09. The molecule has 8 nitrogen and oxygen atoms in total. The lowest BCUT2D eigenvalue weighted by Crippen LogP contribution is -2.30. The van der Waals surface area contributed by atoms with Crippen molar-refractivity contribution in [2.75, 3.05) is 23.3 Å². The molecule has 2 aliphatic heterocycles. The first-order chi connectivity index (χ1) is 14.4. The first-order valence-electron chi connectivity index (χ1n) is 9.44. The maximum Gasteiger partial charge on any atom is 0.324 e. The third-order valence-corrected chi connectivity index (χ3v) is 5.58. The van der Waals surface area contributed by atoms with Crippen molar-refractivity contribution in [3.63, 3.8) is 0 Å². The molecule has 5 amide bonds. The van der Waals surface area contributed by atoms with E-state index in [0.29, 0.717) is 12.2 Å². The summed E-state index contributed by atoms with van der Waals surface area (Å²) in [5, 5.41) is 5.32. The maximum atomic E-state index is 12.7. The predicted octanol–water partition coefficient (Wildman–Crippen LogP) is 2.49. The Balaban J connectivity index is 1.41. The number of anilines is 2. The van der Waals surface area contributed by atoms with Crippen LogP contribution in [0.2, 0.25) is 0 Å². The van der Waals surface area contributed by atoms with Gasteiger partial charge in [0, 0.05) is 28.8 Å². The molecule has 2 saturated heterocycles. The Morgan fingerprint density at radius 2 is 1.90 bits per heavy atom. The summed E-state index contributed by atoms with van der Waals surface area (Å²) in [6.07, 6.45) is 0.139. The van der Waals surface area contributed by atoms with E-state index in [1.54, 1.807) is 29.2 Å². The summed E-state index contributed by atoms with van der Waals surface area (Å²) in [5.74, 6) is -1.09. The van der Waals surface area contributed by atoms with E-state index in [2.05, 4.69) is 26.6 Å². The zero-order valence-electron chi connectivity index (χ0n) is 15.9. The number of nitrogens with one attached hydrogen (secondary N) is 2. The zero-order valence-corrected chi connectivity index (χ0v) is 17.5. The molecular formula is C21H19BrN4O4. The second-order valence-electron chi connectivity index (χ2n) is 7.21. The van der Waals surface area contributed by atoms with Gasteiger partial charge >= 0.3 is 6.03 Å². The summed E-state index contributed by atoms with van der Waals surface area (Å²) in [5.41, 5.74) is 2.02. The van der Waals surface area contributed by atoms with E-state index in [9.17, 15) is 19.2 Å². The van der Waals surface area contributed by atoms with Crippen molar-refractivity contribution in [1.82, 2.24) is 10.2 Å². The van der Waals surface area contributed by atoms with Crippen LogP contribution in [-0.2, 0) is 20.9 Å². The number of urea groups is 1. The van der Waals surface area contributed by atoms with Crippen molar-refractivity contribution >= 4 is 51.1 Å². The van der Waals surface area contributed by atoms with Gasteiger partial charge in [-0.05, 0) is 35.9 Å². The van der Waals surface area contributed by atoms with Gasteiger partial charge in [0.15, 0.2) is 0 Å². The molecule has 1 atom stereocenters. The van der Waals surface area contributed by atoms with Crippen molar-refractivity contribution < 1.29 is 19.2 Å². The first kappa shape index (κ1) is 20.1. The Labute approximate surface area is 181 Å². The summed E-state index contributed by atoms with van der Waals surface area (Å²) in [6, 6.07) is 14.0. The lowest BCUT2D eigenvalue weighted by Gasteiger charge is -2.17. The van der Waals surface area contributed by atoms with E-state index in [1.807, 2.05) is 24.3 Å². The molecule has 4 rings (SSSR count). The van der Waals surface area contributed by atoms with Crippen LogP contribution in [0, 0.1) is 5.92 Å². The highest BCUT2D eigenvalue weighted by Crippen LogP contribution is 2.28. The molecule has 154 valence electrons. The minimum absolute atomic E-state index is 0.000541. The number of amides is 5. The van der Waals surface area contributed by atoms with Crippen LogP contribution in [0.15, 0.2) is 53.0 Å². The van der Waals surface area contributed by atoms with Crippen LogP contribution in [-0.4, -0.2) is 41.7 Å². The minimum atomic E-state index is -0.467. The molecule has 0 aromatic heterocycles. The predicted molar refractivity (Wildman–Crippen MR) is 114 cm³/mol. The normalized spacial score (nSPS) is 18.7. The number of hydrogen-bond acceptors (Lipinski definition) is 4. The topological polar surface area (TPSA) is 98.8 Å². The smallest absolute Gasteiger partial charge is 0.324 e. The quantitative estimate of drug-likeness (QED) is 0.655. The highest BCUT2D eigenvalue weighted by molar-refractivity contribution is 9.10. The fraction of sp³-hybridized carbons (Fsp3) is 0.238. The number of benzene rings is 2. The number of imide groups is 1. The minimum Gasteiger partial charge on any atom is -0.329 e. The number of carbonyl (C=O) groups is 4. The fourth-order valence-corrected chi connectivity index (χ4v) is 3.95. The molecule has 2 heterocycles. The molecule has 0 spiro atoms. The SMILES string of the molecule is O=C(Nc1cccc(CN2C(=O)CNC2=O)c1)C1CC(=O)N(c2cccc(Br)c2)C1. The Morgan fingerprint density at radius 3 is 2.63 bits per heavy atom. The molecule has 30 heavy (non-hydrogen) atoms. The van der Waals surface area contributed by atoms with Gasteiger partial charge in [-0.1, -0.05) is 34.1 Å². The molecule has 2 N–H and O–H groups in total. The second kappa shape index (κ2) is 8.27. The summed E-state index contributed by atoms with van der Waals surface area (Å²) < 4.78 is 0.864. The van der Waals surface area contributed by atoms with Gasteiger partial charge < -0.3 is 15.5 Å². The van der Waals surface area contributed by atoms with E-state index in [1.165, 1.54) is 0 Å². The zero-order chi connectivity index (χ0) is 21.3. The average molecular weight is 471 g/mol. The molecule has 0 aliphatic carbocycles. The highest BCUT2D eigenvalue weighted by atomic mass is 79.9. The van der Waals surface area contributed by atoms with E-state index in [-0.39, 0.29) is 37.2 Å². The van der Waals surface area contributed by atoms with Crippen LogP contribution in [0.4, 0.5) is 16.2 Å². The molecule has 9 heteroatoms. The van der Waals surface area contributed by atoms with Crippen LogP contribution < -0.4 is 15.5 Å². The summed E-state index contributed by atoms with van der Waals surface area (Å²) >= 11 is 3.40. The van der Waals surface area contributed by atoms with Gasteiger partial charge in [0.1, 0.15) is 0 Å². The van der Waals surface area contributed by atoms with E-state index in [4.69, 9.17) is 0 Å². The second-order valence-corrected chi connectivity index (χ2v) is 8.13. The summed E-state index contributed by atoms with van der Waals surface area (Å²) in [6.45, 7) is 0.440. The van der Waals surface area contributed by atoms with Gasteiger partial charge in [-0.25, -0.2) is 4.79 Å². The number of halogens is 1. The first-order valence-corrected chi connectivity index (χ1v) is 10.2. The van der Waals surface area contributed by atoms with Gasteiger partial charge in [-0.3, -0.25) is 19.3 Å². The van der Waals surface area contributed by atoms with Gasteiger partial charge in [0.25, 0.3) is 0 Å². The van der Waals surface area contributed by atoms with Crippen molar-refractivity contribution in [3.05, 3.63) is 58.6 Å². The van der Waals surface area contributed by atoms with E-state index < -0.39 is 11.9 Å². The molecule has 2 fully saturated rings. The lowest BCUT2D eigenvalue weighted by atomic mass is 10.1. The van der Waals surface area contributed by atoms with Gasteiger partial charge in [0.2, 0.25) is 17.7 Å². The van der Waals surface area contributed by atoms with Crippen LogP contribution in [0.25, 0.3) is 0 Å². The molecule has 2 aliphatic rings. The number of rotatable bonds is 5. The fourth-order valence-electron chi connectivity index (χ4n) is 3.57. The molecule has 0 saturated carbocycles. The molecule has 2 aromatic rings. The Hall–Kier alpha value is -3.20. The van der Waals surface area contributed by atoms with Crippen LogP contribution in [0.1, 0.15) is 12.0 Å². The number of nitrogens with zero attached hydrogens (tertiary/aromatic N) is 2.